The molecule has 0 amide bonds. The van der Waals surface area contributed by atoms with Crippen molar-refractivity contribution < 1.29 is 0 Å². The van der Waals surface area contributed by atoms with Crippen LogP contribution in [0, 0.1) is 13.8 Å². The zero-order valence-electron chi connectivity index (χ0n) is 32.6. The Bertz CT molecular complexity index is 2890. The summed E-state index contributed by atoms with van der Waals surface area (Å²) >= 11 is 0. The highest BCUT2D eigenvalue weighted by Crippen LogP contribution is 2.43. The van der Waals surface area contributed by atoms with Crippen LogP contribution in [-0.4, -0.2) is 29.7 Å². The van der Waals surface area contributed by atoms with Crippen LogP contribution in [0.1, 0.15) is 11.4 Å². The summed E-state index contributed by atoms with van der Waals surface area (Å²) in [5, 5.41) is 11.4. The standard InChI is InChI=1S/C51H38N8/c1-35-36(2)55-56-51(54-35)59-49-33-43(57(39-17-5-3-6-18-39)41-21-13-15-37(31-41)47-23-9-11-29-52-47)25-27-45(49)46-28-26-44(34-50(46)59)58(40-19-7-4-8-20-40)42-22-14-16-38(32-42)48-24-10-12-30-53-48/h3-34H,1-2H3. The van der Waals surface area contributed by atoms with Crippen LogP contribution in [0.3, 0.4) is 0 Å². The SMILES string of the molecule is Cc1nnc(-n2c3cc(N(c4ccccc4)c4cccc(-c5ccccn5)c4)ccc3c3ccc(N(c4ccccc4)c4cccc(-c5ccccn5)c4)cc32)nc1C. The van der Waals surface area contributed by atoms with Crippen LogP contribution in [0.5, 0.6) is 0 Å². The molecule has 0 bridgehead atoms. The molecule has 10 aromatic rings. The fraction of sp³-hybridized carbons (Fsp3) is 0.0392. The van der Waals surface area contributed by atoms with Crippen LogP contribution in [0.25, 0.3) is 50.3 Å². The van der Waals surface area contributed by atoms with Gasteiger partial charge in [-0.15, -0.1) is 5.10 Å². The number of hydrogen-bond donors (Lipinski definition) is 0. The first-order valence-corrected chi connectivity index (χ1v) is 19.6. The van der Waals surface area contributed by atoms with Crippen LogP contribution in [0.15, 0.2) is 194 Å². The van der Waals surface area contributed by atoms with E-state index in [0.29, 0.717) is 5.95 Å². The molecular formula is C51H38N8. The van der Waals surface area contributed by atoms with Crippen LogP contribution in [0.2, 0.25) is 0 Å². The van der Waals surface area contributed by atoms with E-state index in [9.17, 15) is 0 Å². The Labute approximate surface area is 342 Å². The lowest BCUT2D eigenvalue weighted by Gasteiger charge is -2.26. The lowest BCUT2D eigenvalue weighted by atomic mass is 10.1. The molecule has 0 saturated heterocycles. The fourth-order valence-electron chi connectivity index (χ4n) is 7.75. The molecule has 4 heterocycles. The normalized spacial score (nSPS) is 11.2. The smallest absolute Gasteiger partial charge is 0.254 e. The van der Waals surface area contributed by atoms with Gasteiger partial charge < -0.3 is 9.80 Å². The fourth-order valence-corrected chi connectivity index (χ4v) is 7.75. The van der Waals surface area contributed by atoms with Gasteiger partial charge in [-0.2, -0.15) is 5.10 Å². The van der Waals surface area contributed by atoms with Crippen LogP contribution >= 0.6 is 0 Å². The summed E-state index contributed by atoms with van der Waals surface area (Å²) in [6.07, 6.45) is 3.66. The lowest BCUT2D eigenvalue weighted by molar-refractivity contribution is 0.839. The average Bonchev–Trinajstić information content (AvgIpc) is 3.62. The highest BCUT2D eigenvalue weighted by Gasteiger charge is 2.22. The third kappa shape index (κ3) is 6.72. The van der Waals surface area contributed by atoms with E-state index in [4.69, 9.17) is 10.1 Å². The van der Waals surface area contributed by atoms with E-state index in [2.05, 4.69) is 163 Å². The van der Waals surface area contributed by atoms with E-state index in [0.717, 1.165) is 89.8 Å². The maximum Gasteiger partial charge on any atom is 0.254 e. The quantitative estimate of drug-likeness (QED) is 0.145. The number of rotatable bonds is 9. The second-order valence-electron chi connectivity index (χ2n) is 14.4. The molecule has 8 heteroatoms. The Morgan fingerprint density at radius 3 is 1.31 bits per heavy atom. The minimum Gasteiger partial charge on any atom is -0.310 e. The molecule has 282 valence electrons. The Kier molecular flexibility index (Phi) is 9.12. The van der Waals surface area contributed by atoms with Gasteiger partial charge in [-0.25, -0.2) is 4.98 Å². The minimum absolute atomic E-state index is 0.509. The summed E-state index contributed by atoms with van der Waals surface area (Å²) in [5.74, 6) is 0.509. The molecule has 6 aromatic carbocycles. The highest BCUT2D eigenvalue weighted by atomic mass is 15.3. The lowest BCUT2D eigenvalue weighted by Crippen LogP contribution is -2.11. The molecule has 4 aromatic heterocycles. The van der Waals surface area contributed by atoms with E-state index < -0.39 is 0 Å². The van der Waals surface area contributed by atoms with Gasteiger partial charge >= 0.3 is 0 Å². The van der Waals surface area contributed by atoms with Gasteiger partial charge in [0.2, 0.25) is 0 Å². The van der Waals surface area contributed by atoms with Gasteiger partial charge in [0.1, 0.15) is 0 Å². The van der Waals surface area contributed by atoms with Crippen LogP contribution in [-0.2, 0) is 0 Å². The molecule has 0 atom stereocenters. The van der Waals surface area contributed by atoms with E-state index in [-0.39, 0.29) is 0 Å². The van der Waals surface area contributed by atoms with Gasteiger partial charge in [-0.3, -0.25) is 14.5 Å². The second-order valence-corrected chi connectivity index (χ2v) is 14.4. The summed E-state index contributed by atoms with van der Waals surface area (Å²) in [4.78, 5) is 18.9. The van der Waals surface area contributed by atoms with Gasteiger partial charge in [0.15, 0.2) is 0 Å². The molecule has 0 N–H and O–H groups in total. The van der Waals surface area contributed by atoms with Gasteiger partial charge in [0.25, 0.3) is 5.95 Å². The van der Waals surface area contributed by atoms with Crippen molar-refractivity contribution >= 4 is 55.9 Å². The molecule has 0 aliphatic heterocycles. The summed E-state index contributed by atoms with van der Waals surface area (Å²) in [6.45, 7) is 3.92. The van der Waals surface area contributed by atoms with Crippen molar-refractivity contribution in [2.24, 2.45) is 0 Å². The maximum atomic E-state index is 5.04. The summed E-state index contributed by atoms with van der Waals surface area (Å²) in [6, 6.07) is 63.2. The number of hydrogen-bond acceptors (Lipinski definition) is 7. The van der Waals surface area contributed by atoms with Crippen molar-refractivity contribution in [1.82, 2.24) is 29.7 Å². The zero-order chi connectivity index (χ0) is 39.7. The van der Waals surface area contributed by atoms with Crippen molar-refractivity contribution in [3.05, 3.63) is 206 Å². The largest absolute Gasteiger partial charge is 0.310 e. The van der Waals surface area contributed by atoms with Gasteiger partial charge in [0, 0.05) is 68.4 Å². The topological polar surface area (TPSA) is 75.9 Å². The van der Waals surface area contributed by atoms with Crippen molar-refractivity contribution in [2.75, 3.05) is 9.80 Å². The predicted molar refractivity (Wildman–Crippen MR) is 239 cm³/mol. The third-order valence-electron chi connectivity index (χ3n) is 10.7. The van der Waals surface area contributed by atoms with Crippen molar-refractivity contribution in [3.8, 4) is 28.5 Å². The molecule has 8 nitrogen and oxygen atoms in total. The van der Waals surface area contributed by atoms with Crippen molar-refractivity contribution in [1.29, 1.82) is 0 Å². The number of benzene rings is 6. The number of pyridine rings is 2. The number of fused-ring (bicyclic) bond motifs is 3. The number of aryl methyl sites for hydroxylation is 2. The molecule has 0 radical (unpaired) electrons. The molecule has 0 aliphatic rings. The van der Waals surface area contributed by atoms with E-state index in [1.165, 1.54) is 0 Å². The monoisotopic (exact) mass is 762 g/mol. The second kappa shape index (κ2) is 15.2. The Morgan fingerprint density at radius 1 is 0.390 bits per heavy atom. The molecule has 10 rings (SSSR count). The summed E-state index contributed by atoms with van der Waals surface area (Å²) in [7, 11) is 0. The molecular weight excluding hydrogens is 725 g/mol. The number of anilines is 6. The van der Waals surface area contributed by atoms with E-state index in [1.807, 2.05) is 74.8 Å². The van der Waals surface area contributed by atoms with E-state index >= 15 is 0 Å². The summed E-state index contributed by atoms with van der Waals surface area (Å²) < 4.78 is 2.15. The first kappa shape index (κ1) is 35.4. The Morgan fingerprint density at radius 2 is 0.847 bits per heavy atom. The first-order chi connectivity index (χ1) is 29.1. The zero-order valence-corrected chi connectivity index (χ0v) is 32.6. The number of para-hydroxylation sites is 2. The molecule has 59 heavy (non-hydrogen) atoms. The third-order valence-corrected chi connectivity index (χ3v) is 10.7. The van der Waals surface area contributed by atoms with Crippen molar-refractivity contribution in [3.63, 3.8) is 0 Å². The maximum absolute atomic E-state index is 5.04. The minimum atomic E-state index is 0.509. The van der Waals surface area contributed by atoms with Crippen LogP contribution in [0.4, 0.5) is 34.1 Å². The van der Waals surface area contributed by atoms with Crippen LogP contribution < -0.4 is 9.80 Å². The number of aromatic nitrogens is 6. The molecule has 0 spiro atoms. The first-order valence-electron chi connectivity index (χ1n) is 19.6. The summed E-state index contributed by atoms with van der Waals surface area (Å²) in [5.41, 5.74) is 13.5. The van der Waals surface area contributed by atoms with Gasteiger partial charge in [-0.05, 0) is 111 Å². The highest BCUT2D eigenvalue weighted by molar-refractivity contribution is 6.11. The molecule has 0 aliphatic carbocycles. The Balaban J connectivity index is 1.19. The van der Waals surface area contributed by atoms with Gasteiger partial charge in [0.05, 0.1) is 33.8 Å². The molecule has 0 saturated carbocycles. The average molecular weight is 763 g/mol. The molecule has 0 unspecified atom stereocenters. The predicted octanol–water partition coefficient (Wildman–Crippen LogP) is 12.6. The number of nitrogens with zero attached hydrogens (tertiary/aromatic N) is 8. The van der Waals surface area contributed by atoms with Crippen molar-refractivity contribution in [2.45, 2.75) is 13.8 Å². The van der Waals surface area contributed by atoms with Gasteiger partial charge in [-0.1, -0.05) is 84.9 Å². The van der Waals surface area contributed by atoms with E-state index in [1.54, 1.807) is 0 Å². The Hall–Kier alpha value is -7.97. The molecule has 0 fully saturated rings.